The van der Waals surface area contributed by atoms with E-state index in [0.717, 1.165) is 27.1 Å². The summed E-state index contributed by atoms with van der Waals surface area (Å²) < 4.78 is 28.0. The van der Waals surface area contributed by atoms with Gasteiger partial charge in [-0.1, -0.05) is 72.8 Å². The first kappa shape index (κ1) is 19.1. The Kier molecular flexibility index (Phi) is 5.05. The number of hydrogen-bond acceptors (Lipinski definition) is 3. The minimum atomic E-state index is -3.99. The maximum Gasteiger partial charge on any atom is 0.322 e. The zero-order valence-corrected chi connectivity index (χ0v) is 16.3. The first-order valence-corrected chi connectivity index (χ1v) is 10.6. The molecule has 0 saturated heterocycles. The topological polar surface area (TPSA) is 83.5 Å². The molecule has 0 saturated carbocycles. The fraction of sp³-hybridized carbons (Fsp3) is 0.0870. The van der Waals surface area contributed by atoms with E-state index in [1.54, 1.807) is 12.1 Å². The summed E-state index contributed by atoms with van der Waals surface area (Å²) in [6, 6.07) is 24.2. The van der Waals surface area contributed by atoms with Crippen LogP contribution in [0.25, 0.3) is 21.5 Å². The Morgan fingerprint density at radius 3 is 1.97 bits per heavy atom. The molecule has 0 radical (unpaired) electrons. The summed E-state index contributed by atoms with van der Waals surface area (Å²) in [5, 5.41) is 13.3. The Hall–Kier alpha value is -3.22. The zero-order chi connectivity index (χ0) is 20.4. The third-order valence-electron chi connectivity index (χ3n) is 4.88. The van der Waals surface area contributed by atoms with Crippen LogP contribution in [0, 0.1) is 0 Å². The molecule has 146 valence electrons. The van der Waals surface area contributed by atoms with Gasteiger partial charge in [0, 0.05) is 0 Å². The van der Waals surface area contributed by atoms with Crippen LogP contribution in [0.15, 0.2) is 89.8 Å². The average Bonchev–Trinajstić information content (AvgIpc) is 2.72. The van der Waals surface area contributed by atoms with Crippen molar-refractivity contribution in [3.63, 3.8) is 0 Å². The number of fused-ring (bicyclic) bond motifs is 2. The van der Waals surface area contributed by atoms with Crippen molar-refractivity contribution in [2.75, 3.05) is 0 Å². The Morgan fingerprint density at radius 1 is 0.793 bits per heavy atom. The first-order valence-electron chi connectivity index (χ1n) is 9.14. The number of hydrogen-bond donors (Lipinski definition) is 2. The highest BCUT2D eigenvalue weighted by atomic mass is 32.2. The van der Waals surface area contributed by atoms with Crippen LogP contribution in [0.2, 0.25) is 0 Å². The molecule has 4 rings (SSSR count). The molecule has 29 heavy (non-hydrogen) atoms. The Balaban J connectivity index is 1.61. The lowest BCUT2D eigenvalue weighted by Gasteiger charge is -2.16. The van der Waals surface area contributed by atoms with Crippen molar-refractivity contribution in [1.29, 1.82) is 0 Å². The molecule has 6 heteroatoms. The maximum absolute atomic E-state index is 12.8. The molecule has 5 nitrogen and oxygen atoms in total. The lowest BCUT2D eigenvalue weighted by atomic mass is 10.0. The number of aliphatic carboxylic acids is 1. The second kappa shape index (κ2) is 7.66. The lowest BCUT2D eigenvalue weighted by molar-refractivity contribution is -0.138. The van der Waals surface area contributed by atoms with Crippen LogP contribution in [0.1, 0.15) is 5.56 Å². The lowest BCUT2D eigenvalue weighted by Crippen LogP contribution is -2.42. The molecule has 0 aliphatic rings. The molecule has 1 atom stereocenters. The normalized spacial score (nSPS) is 12.8. The largest absolute Gasteiger partial charge is 0.480 e. The smallest absolute Gasteiger partial charge is 0.322 e. The molecule has 0 aromatic heterocycles. The maximum atomic E-state index is 12.8. The predicted octanol–water partition coefficient (Wildman–Crippen LogP) is 3.97. The van der Waals surface area contributed by atoms with E-state index in [4.69, 9.17) is 0 Å². The Morgan fingerprint density at radius 2 is 1.34 bits per heavy atom. The molecule has 0 amide bonds. The number of carbonyl (C=O) groups is 1. The minimum Gasteiger partial charge on any atom is -0.480 e. The van der Waals surface area contributed by atoms with Crippen LogP contribution < -0.4 is 4.72 Å². The molecule has 0 aliphatic heterocycles. The van der Waals surface area contributed by atoms with Crippen molar-refractivity contribution in [3.8, 4) is 0 Å². The van der Waals surface area contributed by atoms with Crippen molar-refractivity contribution >= 4 is 37.5 Å². The highest BCUT2D eigenvalue weighted by Gasteiger charge is 2.26. The summed E-state index contributed by atoms with van der Waals surface area (Å²) in [4.78, 5) is 11.8. The molecule has 4 aromatic rings. The van der Waals surface area contributed by atoms with Crippen LogP contribution in [0.5, 0.6) is 0 Å². The molecule has 0 bridgehead atoms. The van der Waals surface area contributed by atoms with Gasteiger partial charge in [0.15, 0.2) is 0 Å². The number of rotatable bonds is 6. The van der Waals surface area contributed by atoms with Crippen LogP contribution >= 0.6 is 0 Å². The Labute approximate surface area is 168 Å². The molecule has 0 heterocycles. The number of carboxylic acid groups (broad SMARTS) is 1. The molecular formula is C23H19NO4S. The summed E-state index contributed by atoms with van der Waals surface area (Å²) in [5.41, 5.74) is 0.748. The van der Waals surface area contributed by atoms with Gasteiger partial charge in [0.2, 0.25) is 10.0 Å². The van der Waals surface area contributed by atoms with Crippen LogP contribution in [-0.2, 0) is 21.2 Å². The fourth-order valence-electron chi connectivity index (χ4n) is 3.37. The molecular weight excluding hydrogens is 386 g/mol. The molecule has 4 aromatic carbocycles. The highest BCUT2D eigenvalue weighted by Crippen LogP contribution is 2.20. The monoisotopic (exact) mass is 405 g/mol. The van der Waals surface area contributed by atoms with Gasteiger partial charge < -0.3 is 5.11 Å². The van der Waals surface area contributed by atoms with Gasteiger partial charge in [0.25, 0.3) is 0 Å². The van der Waals surface area contributed by atoms with Gasteiger partial charge in [0.05, 0.1) is 4.90 Å². The standard InChI is InChI=1S/C23H19NO4S/c25-23(26)22(14-16-9-10-17-5-1-3-7-19(17)13-16)24-29(27,28)21-12-11-18-6-2-4-8-20(18)15-21/h1-13,15,22,24H,14H2,(H,25,26)/t22-/m0/s1. The molecule has 0 aliphatic carbocycles. The Bertz CT molecular complexity index is 1310. The van der Waals surface area contributed by atoms with Gasteiger partial charge in [-0.25, -0.2) is 8.42 Å². The molecule has 0 fully saturated rings. The van der Waals surface area contributed by atoms with Gasteiger partial charge in [-0.2, -0.15) is 4.72 Å². The summed E-state index contributed by atoms with van der Waals surface area (Å²) in [5.74, 6) is -1.22. The van der Waals surface area contributed by atoms with E-state index in [2.05, 4.69) is 4.72 Å². The second-order valence-corrected chi connectivity index (χ2v) is 8.62. The third kappa shape index (κ3) is 4.13. The average molecular weight is 405 g/mol. The van der Waals surface area contributed by atoms with Crippen molar-refractivity contribution in [2.45, 2.75) is 17.4 Å². The van der Waals surface area contributed by atoms with Crippen LogP contribution in [0.3, 0.4) is 0 Å². The van der Waals surface area contributed by atoms with E-state index in [1.807, 2.05) is 66.7 Å². The van der Waals surface area contributed by atoms with Crippen molar-refractivity contribution in [3.05, 3.63) is 90.5 Å². The van der Waals surface area contributed by atoms with Gasteiger partial charge in [0.1, 0.15) is 6.04 Å². The summed E-state index contributed by atoms with van der Waals surface area (Å²) in [7, 11) is -3.99. The van der Waals surface area contributed by atoms with Gasteiger partial charge >= 0.3 is 5.97 Å². The predicted molar refractivity (Wildman–Crippen MR) is 113 cm³/mol. The van der Waals surface area contributed by atoms with Gasteiger partial charge in [-0.05, 0) is 45.7 Å². The van der Waals surface area contributed by atoms with Crippen molar-refractivity contribution < 1.29 is 18.3 Å². The number of benzene rings is 4. The first-order chi connectivity index (χ1) is 13.9. The van der Waals surface area contributed by atoms with Crippen LogP contribution in [-0.4, -0.2) is 25.5 Å². The van der Waals surface area contributed by atoms with Crippen molar-refractivity contribution in [2.24, 2.45) is 0 Å². The van der Waals surface area contributed by atoms with Gasteiger partial charge in [-0.3, -0.25) is 4.79 Å². The summed E-state index contributed by atoms with van der Waals surface area (Å²) in [6.07, 6.45) is 0.0486. The number of sulfonamides is 1. The molecule has 2 N–H and O–H groups in total. The van der Waals surface area contributed by atoms with E-state index in [0.29, 0.717) is 0 Å². The fourth-order valence-corrected chi connectivity index (χ4v) is 4.59. The second-order valence-electron chi connectivity index (χ2n) is 6.91. The summed E-state index contributed by atoms with van der Waals surface area (Å²) in [6.45, 7) is 0. The molecule has 0 unspecified atom stereocenters. The highest BCUT2D eigenvalue weighted by molar-refractivity contribution is 7.89. The SMILES string of the molecule is O=C(O)[C@H](Cc1ccc2ccccc2c1)NS(=O)(=O)c1ccc2ccccc2c1. The number of carboxylic acids is 1. The number of nitrogens with one attached hydrogen (secondary N) is 1. The van der Waals surface area contributed by atoms with Crippen molar-refractivity contribution in [1.82, 2.24) is 4.72 Å². The van der Waals surface area contributed by atoms with E-state index in [-0.39, 0.29) is 11.3 Å². The minimum absolute atomic E-state index is 0.0426. The van der Waals surface area contributed by atoms with E-state index in [9.17, 15) is 18.3 Å². The van der Waals surface area contributed by atoms with E-state index in [1.165, 1.54) is 6.07 Å². The summed E-state index contributed by atoms with van der Waals surface area (Å²) >= 11 is 0. The van der Waals surface area contributed by atoms with Gasteiger partial charge in [-0.15, -0.1) is 0 Å². The quantitative estimate of drug-likeness (QED) is 0.508. The van der Waals surface area contributed by atoms with Crippen LogP contribution in [0.4, 0.5) is 0 Å². The van der Waals surface area contributed by atoms with E-state index >= 15 is 0 Å². The van der Waals surface area contributed by atoms with E-state index < -0.39 is 22.0 Å². The third-order valence-corrected chi connectivity index (χ3v) is 6.35. The zero-order valence-electron chi connectivity index (χ0n) is 15.4. The molecule has 0 spiro atoms.